The van der Waals surface area contributed by atoms with Gasteiger partial charge < -0.3 is 19.9 Å². The van der Waals surface area contributed by atoms with Gasteiger partial charge in [0.1, 0.15) is 17.3 Å². The molecule has 1 aliphatic rings. The van der Waals surface area contributed by atoms with Crippen LogP contribution < -0.4 is 5.32 Å². The number of hydrogen-bond donors (Lipinski definition) is 2. The number of rotatable bonds is 6. The summed E-state index contributed by atoms with van der Waals surface area (Å²) in [6.07, 6.45) is -2.37. The first kappa shape index (κ1) is 24.2. The summed E-state index contributed by atoms with van der Waals surface area (Å²) < 4.78 is 55.6. The average molecular weight is 504 g/mol. The number of piperidine rings is 1. The third-order valence-corrected chi connectivity index (χ3v) is 6.49. The molecular weight excluding hydrogens is 478 g/mol. The van der Waals surface area contributed by atoms with E-state index in [1.807, 2.05) is 16.7 Å². The van der Waals surface area contributed by atoms with E-state index in [1.54, 1.807) is 41.1 Å². The highest BCUT2D eigenvalue weighted by molar-refractivity contribution is 5.77. The summed E-state index contributed by atoms with van der Waals surface area (Å²) in [7, 11) is 1.77. The zero-order chi connectivity index (χ0) is 25.4. The van der Waals surface area contributed by atoms with Crippen molar-refractivity contribution in [2.24, 2.45) is 0 Å². The second-order valence-corrected chi connectivity index (χ2v) is 8.84. The van der Waals surface area contributed by atoms with Gasteiger partial charge in [-0.15, -0.1) is 0 Å². The lowest BCUT2D eigenvalue weighted by Crippen LogP contribution is -2.44. The van der Waals surface area contributed by atoms with E-state index in [0.717, 1.165) is 11.3 Å². The summed E-state index contributed by atoms with van der Waals surface area (Å²) in [6, 6.07) is 9.70. The van der Waals surface area contributed by atoms with Crippen molar-refractivity contribution < 1.29 is 22.7 Å². The number of aliphatic hydroxyl groups is 1. The molecule has 0 radical (unpaired) electrons. The predicted octanol–water partition coefficient (Wildman–Crippen LogP) is 4.00. The molecule has 1 fully saturated rings. The number of halogens is 4. The number of hydrogen-bond acceptors (Lipinski definition) is 6. The second-order valence-electron chi connectivity index (χ2n) is 8.84. The van der Waals surface area contributed by atoms with Gasteiger partial charge in [-0.3, -0.25) is 0 Å². The van der Waals surface area contributed by atoms with E-state index in [2.05, 4.69) is 15.3 Å². The van der Waals surface area contributed by atoms with E-state index in [-0.39, 0.29) is 11.9 Å². The Bertz CT molecular complexity index is 1340. The summed E-state index contributed by atoms with van der Waals surface area (Å²) in [5.74, 6) is 0.311. The molecule has 0 spiro atoms. The van der Waals surface area contributed by atoms with Crippen LogP contribution in [0.25, 0.3) is 28.3 Å². The Labute approximate surface area is 204 Å². The van der Waals surface area contributed by atoms with Crippen LogP contribution in [0.3, 0.4) is 0 Å². The van der Waals surface area contributed by atoms with E-state index < -0.39 is 18.8 Å². The second kappa shape index (κ2) is 9.51. The van der Waals surface area contributed by atoms with Gasteiger partial charge in [-0.1, -0.05) is 0 Å². The molecule has 3 aromatic heterocycles. The van der Waals surface area contributed by atoms with E-state index in [4.69, 9.17) is 5.10 Å². The molecule has 1 unspecified atom stereocenters. The third-order valence-electron chi connectivity index (χ3n) is 6.49. The number of aliphatic hydroxyl groups excluding tert-OH is 1. The molecule has 1 saturated heterocycles. The number of likely N-dealkylation sites (tertiary alicyclic amines) is 1. The Kier molecular flexibility index (Phi) is 6.39. The normalized spacial score (nSPS) is 16.5. The van der Waals surface area contributed by atoms with Crippen LogP contribution in [-0.2, 0) is 0 Å². The van der Waals surface area contributed by atoms with Crippen molar-refractivity contribution in [1.29, 1.82) is 0 Å². The van der Waals surface area contributed by atoms with Crippen molar-refractivity contribution in [2.75, 3.05) is 32.0 Å². The van der Waals surface area contributed by atoms with Crippen LogP contribution in [0.1, 0.15) is 18.9 Å². The van der Waals surface area contributed by atoms with Gasteiger partial charge in [-0.25, -0.2) is 18.9 Å². The van der Waals surface area contributed by atoms with E-state index >= 15 is 0 Å². The Balaban J connectivity index is 1.48. The SMILES string of the molecule is CNc1cn2nc(-c3c(-c4ccc(F)cc4)ncn3C3CCN(CC(O)C(F)(F)F)CC3)ccc2n1. The first-order chi connectivity index (χ1) is 17.2. The smallest absolute Gasteiger partial charge is 0.382 e. The molecule has 36 heavy (non-hydrogen) atoms. The van der Waals surface area contributed by atoms with Gasteiger partial charge in [0.15, 0.2) is 11.8 Å². The molecule has 0 aliphatic carbocycles. The molecule has 5 rings (SSSR count). The quantitative estimate of drug-likeness (QED) is 0.387. The highest BCUT2D eigenvalue weighted by atomic mass is 19.4. The number of β-amino-alcohol motifs (C(OH)–C–C–N with tert-alkyl or cyclic N) is 1. The molecule has 0 amide bonds. The van der Waals surface area contributed by atoms with Crippen molar-refractivity contribution in [3.8, 4) is 22.6 Å². The Hall–Kier alpha value is -3.51. The highest BCUT2D eigenvalue weighted by Gasteiger charge is 2.39. The number of alkyl halides is 3. The number of nitrogens with one attached hydrogen (secondary N) is 1. The van der Waals surface area contributed by atoms with Crippen LogP contribution in [0.2, 0.25) is 0 Å². The summed E-state index contributed by atoms with van der Waals surface area (Å²) in [5, 5.41) is 17.2. The van der Waals surface area contributed by atoms with Gasteiger partial charge >= 0.3 is 6.18 Å². The number of aromatic nitrogens is 5. The number of nitrogens with zero attached hydrogens (tertiary/aromatic N) is 6. The lowest BCUT2D eigenvalue weighted by atomic mass is 10.0. The molecule has 0 saturated carbocycles. The van der Waals surface area contributed by atoms with Gasteiger partial charge in [-0.2, -0.15) is 18.3 Å². The van der Waals surface area contributed by atoms with Crippen LogP contribution in [0.15, 0.2) is 48.9 Å². The fourth-order valence-electron chi connectivity index (χ4n) is 4.57. The molecule has 2 N–H and O–H groups in total. The van der Waals surface area contributed by atoms with Crippen molar-refractivity contribution in [2.45, 2.75) is 31.2 Å². The van der Waals surface area contributed by atoms with Crippen LogP contribution in [-0.4, -0.2) is 73.1 Å². The van der Waals surface area contributed by atoms with Gasteiger partial charge in [-0.05, 0) is 49.2 Å². The molecule has 190 valence electrons. The number of imidazole rings is 2. The first-order valence-corrected chi connectivity index (χ1v) is 11.6. The lowest BCUT2D eigenvalue weighted by Gasteiger charge is -2.34. The van der Waals surface area contributed by atoms with Gasteiger partial charge in [0, 0.05) is 38.3 Å². The molecule has 1 atom stereocenters. The predicted molar refractivity (Wildman–Crippen MR) is 126 cm³/mol. The third kappa shape index (κ3) is 4.78. The summed E-state index contributed by atoms with van der Waals surface area (Å²) >= 11 is 0. The van der Waals surface area contributed by atoms with Gasteiger partial charge in [0.25, 0.3) is 0 Å². The zero-order valence-corrected chi connectivity index (χ0v) is 19.5. The minimum Gasteiger partial charge on any atom is -0.382 e. The molecule has 12 heteroatoms. The Morgan fingerprint density at radius 3 is 2.50 bits per heavy atom. The van der Waals surface area contributed by atoms with Crippen molar-refractivity contribution >= 4 is 11.5 Å². The van der Waals surface area contributed by atoms with Crippen LogP contribution in [0.5, 0.6) is 0 Å². The van der Waals surface area contributed by atoms with E-state index in [1.165, 1.54) is 12.1 Å². The van der Waals surface area contributed by atoms with Gasteiger partial charge in [0.2, 0.25) is 0 Å². The topological polar surface area (TPSA) is 83.5 Å². The Morgan fingerprint density at radius 1 is 1.11 bits per heavy atom. The zero-order valence-electron chi connectivity index (χ0n) is 19.5. The average Bonchev–Trinajstić information content (AvgIpc) is 3.48. The van der Waals surface area contributed by atoms with Crippen molar-refractivity contribution in [1.82, 2.24) is 29.0 Å². The lowest BCUT2D eigenvalue weighted by molar-refractivity contribution is -0.208. The fourth-order valence-corrected chi connectivity index (χ4v) is 4.57. The van der Waals surface area contributed by atoms with Crippen LogP contribution >= 0.6 is 0 Å². The first-order valence-electron chi connectivity index (χ1n) is 11.6. The van der Waals surface area contributed by atoms with Crippen molar-refractivity contribution in [3.05, 3.63) is 54.7 Å². The molecular formula is C24H25F4N7O. The maximum atomic E-state index is 13.6. The summed E-state index contributed by atoms with van der Waals surface area (Å²) in [4.78, 5) is 10.7. The monoisotopic (exact) mass is 503 g/mol. The number of anilines is 1. The van der Waals surface area contributed by atoms with Crippen LogP contribution in [0, 0.1) is 5.82 Å². The minimum absolute atomic E-state index is 0.0332. The fraction of sp³-hybridized carbons (Fsp3) is 0.375. The summed E-state index contributed by atoms with van der Waals surface area (Å²) in [6.45, 7) is 0.363. The van der Waals surface area contributed by atoms with Crippen molar-refractivity contribution in [3.63, 3.8) is 0 Å². The molecule has 1 aromatic carbocycles. The largest absolute Gasteiger partial charge is 0.415 e. The number of benzene rings is 1. The van der Waals surface area contributed by atoms with E-state index in [0.29, 0.717) is 48.8 Å². The maximum Gasteiger partial charge on any atom is 0.415 e. The van der Waals surface area contributed by atoms with Gasteiger partial charge in [0.05, 0.1) is 23.9 Å². The summed E-state index contributed by atoms with van der Waals surface area (Å²) in [5.41, 5.74) is 3.38. The minimum atomic E-state index is -4.64. The Morgan fingerprint density at radius 2 is 1.83 bits per heavy atom. The molecule has 4 heterocycles. The molecule has 1 aliphatic heterocycles. The van der Waals surface area contributed by atoms with E-state index in [9.17, 15) is 22.7 Å². The van der Waals surface area contributed by atoms with Crippen LogP contribution in [0.4, 0.5) is 23.4 Å². The highest BCUT2D eigenvalue weighted by Crippen LogP contribution is 2.35. The maximum absolute atomic E-state index is 13.6. The number of fused-ring (bicyclic) bond motifs is 1. The standard InChI is InChI=1S/C24H25F4N7O/c1-29-20-13-35-21(31-20)7-6-18(32-35)23-22(15-2-4-16(25)5-3-15)30-14-34(23)17-8-10-33(11-9-17)12-19(36)24(26,27)28/h2-7,13-14,17,19,29,36H,8-12H2,1H3. The molecule has 4 aromatic rings. The molecule has 8 nitrogen and oxygen atoms in total. The molecule has 0 bridgehead atoms.